The minimum atomic E-state index is -3.78. The summed E-state index contributed by atoms with van der Waals surface area (Å²) < 4.78 is 56.2. The van der Waals surface area contributed by atoms with Gasteiger partial charge in [0.2, 0.25) is 10.0 Å². The Morgan fingerprint density at radius 1 is 1.24 bits per heavy atom. The Balaban J connectivity index is 2.08. The number of sulfonamides is 1. The molecule has 2 aromatic rings. The summed E-state index contributed by atoms with van der Waals surface area (Å²) in [4.78, 5) is 14.5. The van der Waals surface area contributed by atoms with Gasteiger partial charge in [0.1, 0.15) is 5.75 Å². The van der Waals surface area contributed by atoms with Gasteiger partial charge in [-0.2, -0.15) is 8.78 Å². The molecule has 0 bridgehead atoms. The number of aryl methyl sites for hydroxylation is 1. The number of alkyl halides is 2. The number of hydrogen-bond acceptors (Lipinski definition) is 4. The first-order chi connectivity index (χ1) is 13.6. The van der Waals surface area contributed by atoms with Gasteiger partial charge < -0.3 is 9.64 Å². The summed E-state index contributed by atoms with van der Waals surface area (Å²) in [5.41, 5.74) is 0.909. The van der Waals surface area contributed by atoms with Crippen LogP contribution in [0.25, 0.3) is 0 Å². The predicted molar refractivity (Wildman–Crippen MR) is 105 cm³/mol. The third-order valence-corrected chi connectivity index (χ3v) is 6.73. The Morgan fingerprint density at radius 2 is 1.97 bits per heavy atom. The topological polar surface area (TPSA) is 66.9 Å². The lowest BCUT2D eigenvalue weighted by atomic mass is 10.00. The van der Waals surface area contributed by atoms with E-state index in [2.05, 4.69) is 4.74 Å². The molecular weight excluding hydrogens is 426 g/mol. The fraction of sp³-hybridized carbons (Fsp3) is 0.316. The highest BCUT2D eigenvalue weighted by Crippen LogP contribution is 2.38. The van der Waals surface area contributed by atoms with E-state index in [0.29, 0.717) is 18.4 Å². The highest BCUT2D eigenvalue weighted by atomic mass is 35.5. The molecule has 1 amide bonds. The molecule has 0 saturated heterocycles. The number of hydrogen-bond donors (Lipinski definition) is 0. The zero-order chi connectivity index (χ0) is 21.3. The van der Waals surface area contributed by atoms with Crippen LogP contribution in [-0.2, 0) is 16.4 Å². The zero-order valence-electron chi connectivity index (χ0n) is 15.7. The number of para-hydroxylation sites is 1. The molecule has 1 aliphatic heterocycles. The van der Waals surface area contributed by atoms with Gasteiger partial charge in [0.15, 0.2) is 0 Å². The highest BCUT2D eigenvalue weighted by molar-refractivity contribution is 7.89. The fourth-order valence-electron chi connectivity index (χ4n) is 3.19. The summed E-state index contributed by atoms with van der Waals surface area (Å²) in [5.74, 6) is -0.698. The molecule has 0 spiro atoms. The molecule has 0 N–H and O–H groups in total. The molecule has 0 saturated carbocycles. The van der Waals surface area contributed by atoms with Gasteiger partial charge in [0.05, 0.1) is 21.2 Å². The standard InChI is InChI=1S/C19H19ClF2N2O4S/c1-23(2)29(26,27)13-8-9-15(20)14(11-13)18(25)24-10-4-6-12-5-3-7-16(17(12)24)28-19(21)22/h3,5,7-9,11,19H,4,6,10H2,1-2H3. The fourth-order valence-corrected chi connectivity index (χ4v) is 4.32. The van der Waals surface area contributed by atoms with Gasteiger partial charge >= 0.3 is 6.61 Å². The van der Waals surface area contributed by atoms with Crippen molar-refractivity contribution in [1.82, 2.24) is 4.31 Å². The van der Waals surface area contributed by atoms with Crippen LogP contribution in [0.15, 0.2) is 41.3 Å². The van der Waals surface area contributed by atoms with Crippen LogP contribution in [0.4, 0.5) is 14.5 Å². The molecule has 0 radical (unpaired) electrons. The van der Waals surface area contributed by atoms with Gasteiger partial charge in [-0.05, 0) is 42.7 Å². The lowest BCUT2D eigenvalue weighted by Crippen LogP contribution is -2.36. The minimum Gasteiger partial charge on any atom is -0.433 e. The molecule has 2 aromatic carbocycles. The quantitative estimate of drug-likeness (QED) is 0.703. The van der Waals surface area contributed by atoms with Crippen LogP contribution in [0.3, 0.4) is 0 Å². The van der Waals surface area contributed by atoms with Crippen molar-refractivity contribution in [3.8, 4) is 5.75 Å². The molecule has 29 heavy (non-hydrogen) atoms. The maximum Gasteiger partial charge on any atom is 0.387 e. The second kappa shape index (κ2) is 8.25. The molecule has 0 atom stereocenters. The van der Waals surface area contributed by atoms with E-state index in [1.165, 1.54) is 43.3 Å². The van der Waals surface area contributed by atoms with Gasteiger partial charge in [0.25, 0.3) is 5.91 Å². The van der Waals surface area contributed by atoms with E-state index in [1.54, 1.807) is 12.1 Å². The maximum atomic E-state index is 13.3. The molecule has 3 rings (SSSR count). The van der Waals surface area contributed by atoms with Crippen LogP contribution in [0.1, 0.15) is 22.3 Å². The summed E-state index contributed by atoms with van der Waals surface area (Å²) in [7, 11) is -1.03. The monoisotopic (exact) mass is 444 g/mol. The maximum absolute atomic E-state index is 13.3. The number of benzene rings is 2. The third-order valence-electron chi connectivity index (χ3n) is 4.59. The molecule has 6 nitrogen and oxygen atoms in total. The second-order valence-corrected chi connectivity index (χ2v) is 9.19. The van der Waals surface area contributed by atoms with E-state index >= 15 is 0 Å². The van der Waals surface area contributed by atoms with Gasteiger partial charge in [-0.25, -0.2) is 12.7 Å². The molecule has 1 heterocycles. The van der Waals surface area contributed by atoms with E-state index in [9.17, 15) is 22.0 Å². The van der Waals surface area contributed by atoms with Crippen LogP contribution < -0.4 is 9.64 Å². The first-order valence-electron chi connectivity index (χ1n) is 8.73. The van der Waals surface area contributed by atoms with E-state index in [1.807, 2.05) is 0 Å². The van der Waals surface area contributed by atoms with Crippen LogP contribution in [0, 0.1) is 0 Å². The van der Waals surface area contributed by atoms with Crippen LogP contribution in [0.5, 0.6) is 5.75 Å². The largest absolute Gasteiger partial charge is 0.433 e. The molecule has 10 heteroatoms. The normalized spacial score (nSPS) is 14.2. The Morgan fingerprint density at radius 3 is 2.62 bits per heavy atom. The third kappa shape index (κ3) is 4.22. The van der Waals surface area contributed by atoms with Crippen LogP contribution in [0.2, 0.25) is 5.02 Å². The molecule has 156 valence electrons. The average Bonchev–Trinajstić information content (AvgIpc) is 2.67. The number of carbonyl (C=O) groups is 1. The molecule has 1 aliphatic rings. The molecule has 0 aliphatic carbocycles. The van der Waals surface area contributed by atoms with Crippen molar-refractivity contribution in [2.75, 3.05) is 25.5 Å². The second-order valence-electron chi connectivity index (χ2n) is 6.63. The van der Waals surface area contributed by atoms with Gasteiger partial charge in [0, 0.05) is 20.6 Å². The van der Waals surface area contributed by atoms with E-state index in [-0.39, 0.29) is 33.5 Å². The SMILES string of the molecule is CN(C)S(=O)(=O)c1ccc(Cl)c(C(=O)N2CCCc3cccc(OC(F)F)c32)c1. The first kappa shape index (κ1) is 21.5. The van der Waals surface area contributed by atoms with Gasteiger partial charge in [-0.1, -0.05) is 23.7 Å². The van der Waals surface area contributed by atoms with Crippen molar-refractivity contribution in [2.45, 2.75) is 24.3 Å². The number of nitrogens with zero attached hydrogens (tertiary/aromatic N) is 2. The van der Waals surface area contributed by atoms with Crippen molar-refractivity contribution >= 4 is 33.2 Å². The zero-order valence-corrected chi connectivity index (χ0v) is 17.3. The number of ether oxygens (including phenoxy) is 1. The van der Waals surface area contributed by atoms with Crippen molar-refractivity contribution in [3.63, 3.8) is 0 Å². The van der Waals surface area contributed by atoms with Crippen LogP contribution >= 0.6 is 11.6 Å². The molecule has 0 unspecified atom stereocenters. The number of halogens is 3. The lowest BCUT2D eigenvalue weighted by molar-refractivity contribution is -0.0495. The van der Waals surface area contributed by atoms with Gasteiger partial charge in [-0.3, -0.25) is 4.79 Å². The average molecular weight is 445 g/mol. The molecular formula is C19H19ClF2N2O4S. The molecule has 0 aromatic heterocycles. The smallest absolute Gasteiger partial charge is 0.387 e. The Hall–Kier alpha value is -2.23. The molecule has 0 fully saturated rings. The van der Waals surface area contributed by atoms with E-state index in [4.69, 9.17) is 11.6 Å². The van der Waals surface area contributed by atoms with E-state index in [0.717, 1.165) is 4.31 Å². The number of rotatable bonds is 5. The number of carbonyl (C=O) groups excluding carboxylic acids is 1. The summed E-state index contributed by atoms with van der Waals surface area (Å²) in [6, 6.07) is 8.53. The van der Waals surface area contributed by atoms with E-state index < -0.39 is 22.5 Å². The Kier molecular flexibility index (Phi) is 6.11. The van der Waals surface area contributed by atoms with Gasteiger partial charge in [-0.15, -0.1) is 0 Å². The van der Waals surface area contributed by atoms with Crippen molar-refractivity contribution in [1.29, 1.82) is 0 Å². The van der Waals surface area contributed by atoms with Crippen molar-refractivity contribution < 1.29 is 26.7 Å². The lowest BCUT2D eigenvalue weighted by Gasteiger charge is -2.31. The summed E-state index contributed by atoms with van der Waals surface area (Å²) in [6.07, 6.45) is 1.21. The summed E-state index contributed by atoms with van der Waals surface area (Å²) in [5, 5.41) is 0.0621. The highest BCUT2D eigenvalue weighted by Gasteiger charge is 2.30. The number of amides is 1. The Bertz CT molecular complexity index is 1040. The predicted octanol–water partition coefficient (Wildman–Crippen LogP) is 3.78. The number of fused-ring (bicyclic) bond motifs is 1. The first-order valence-corrected chi connectivity index (χ1v) is 10.6. The minimum absolute atomic E-state index is 0.0331. The Labute approximate surface area is 172 Å². The van der Waals surface area contributed by atoms with Crippen LogP contribution in [-0.4, -0.2) is 45.9 Å². The summed E-state index contributed by atoms with van der Waals surface area (Å²) >= 11 is 6.18. The van der Waals surface area contributed by atoms with Crippen molar-refractivity contribution in [2.24, 2.45) is 0 Å². The summed E-state index contributed by atoms with van der Waals surface area (Å²) in [6.45, 7) is -2.78. The van der Waals surface area contributed by atoms with Crippen molar-refractivity contribution in [3.05, 3.63) is 52.5 Å². The number of anilines is 1.